The van der Waals surface area contributed by atoms with Crippen molar-refractivity contribution in [3.63, 3.8) is 0 Å². The van der Waals surface area contributed by atoms with Crippen LogP contribution in [0.2, 0.25) is 0 Å². The maximum Gasteiger partial charge on any atom is 0.490 e. The van der Waals surface area contributed by atoms with Crippen LogP contribution in [0.15, 0.2) is 95.8 Å². The van der Waals surface area contributed by atoms with Crippen molar-refractivity contribution in [2.24, 2.45) is 0 Å². The Labute approximate surface area is 359 Å². The van der Waals surface area contributed by atoms with E-state index in [9.17, 15) is 45.8 Å². The smallest absolute Gasteiger partial charge is 0.490 e. The van der Waals surface area contributed by atoms with Crippen molar-refractivity contribution in [1.29, 1.82) is 0 Å². The van der Waals surface area contributed by atoms with E-state index >= 15 is 0 Å². The minimum Gasteiger partial charge on any atom is -0.506 e. The lowest BCUT2D eigenvalue weighted by Gasteiger charge is -2.31. The Bertz CT molecular complexity index is 2330. The summed E-state index contributed by atoms with van der Waals surface area (Å²) in [6, 6.07) is 29.0. The number of H-pyrrole nitrogens is 1. The Kier molecular flexibility index (Phi) is 18.1. The molecule has 1 aliphatic rings. The van der Waals surface area contributed by atoms with Gasteiger partial charge in [-0.3, -0.25) is 14.9 Å². The van der Waals surface area contributed by atoms with Gasteiger partial charge in [-0.25, -0.2) is 14.4 Å². The number of carbonyl (C=O) groups is 4. The van der Waals surface area contributed by atoms with Crippen LogP contribution in [-0.4, -0.2) is 100 Å². The lowest BCUT2D eigenvalue weighted by molar-refractivity contribution is -0.193. The molecule has 4 aromatic carbocycles. The molecular formula is C42H43F6N5O9S. The van der Waals surface area contributed by atoms with Crippen LogP contribution in [0.4, 0.5) is 42.5 Å². The molecule has 0 unspecified atom stereocenters. The number of halogens is 6. The van der Waals surface area contributed by atoms with E-state index in [0.717, 1.165) is 90.3 Å². The first-order chi connectivity index (χ1) is 29.8. The number of hydrogen-bond donors (Lipinski definition) is 7. The van der Waals surface area contributed by atoms with Crippen molar-refractivity contribution in [1.82, 2.24) is 15.2 Å². The Morgan fingerprint density at radius 1 is 0.778 bits per heavy atom. The molecule has 0 radical (unpaired) electrons. The second-order valence-corrected chi connectivity index (χ2v) is 14.8. The minimum atomic E-state index is -5.08. The number of piperidine rings is 1. The number of carboxylic acid groups (broad SMARTS) is 2. The number of aromatic amines is 1. The largest absolute Gasteiger partial charge is 0.506 e. The van der Waals surface area contributed by atoms with Gasteiger partial charge in [0, 0.05) is 37.3 Å². The maximum atomic E-state index is 12.7. The highest BCUT2D eigenvalue weighted by molar-refractivity contribution is 7.16. The molecule has 0 bridgehead atoms. The molecule has 1 aromatic heterocycles. The number of para-hydroxylation sites is 1. The predicted octanol–water partition coefficient (Wildman–Crippen LogP) is 7.65. The quantitative estimate of drug-likeness (QED) is 0.0451. The number of likely N-dealkylation sites (tertiary alicyclic amines) is 1. The van der Waals surface area contributed by atoms with Crippen LogP contribution in [0.3, 0.4) is 0 Å². The first kappa shape index (κ1) is 49.2. The van der Waals surface area contributed by atoms with E-state index in [1.54, 1.807) is 6.07 Å². The predicted molar refractivity (Wildman–Crippen MR) is 223 cm³/mol. The number of aliphatic carboxylic acids is 2. The number of rotatable bonds is 13. The summed E-state index contributed by atoms with van der Waals surface area (Å²) >= 11 is 1.12. The Morgan fingerprint density at radius 2 is 1.37 bits per heavy atom. The van der Waals surface area contributed by atoms with E-state index in [1.807, 2.05) is 84.9 Å². The molecule has 338 valence electrons. The van der Waals surface area contributed by atoms with Gasteiger partial charge in [-0.05, 0) is 79.7 Å². The first-order valence-electron chi connectivity index (χ1n) is 19.2. The summed E-state index contributed by atoms with van der Waals surface area (Å²) in [6.07, 6.45) is -7.34. The summed E-state index contributed by atoms with van der Waals surface area (Å²) in [4.78, 5) is 59.6. The van der Waals surface area contributed by atoms with Gasteiger partial charge < -0.3 is 40.6 Å². The van der Waals surface area contributed by atoms with Crippen LogP contribution < -0.4 is 20.8 Å². The number of carboxylic acids is 2. The minimum absolute atomic E-state index is 0.0278. The van der Waals surface area contributed by atoms with Crippen molar-refractivity contribution in [3.05, 3.63) is 112 Å². The lowest BCUT2D eigenvalue weighted by atomic mass is 10.0. The van der Waals surface area contributed by atoms with Gasteiger partial charge in [0.25, 0.3) is 0 Å². The third-order valence-electron chi connectivity index (χ3n) is 9.24. The van der Waals surface area contributed by atoms with Crippen LogP contribution >= 0.6 is 11.3 Å². The molecule has 63 heavy (non-hydrogen) atoms. The number of carbonyl (C=O) groups excluding carboxylic acids is 2. The number of phenols is 1. The van der Waals surface area contributed by atoms with Gasteiger partial charge in [0.1, 0.15) is 17.4 Å². The van der Waals surface area contributed by atoms with Gasteiger partial charge >= 0.3 is 35.3 Å². The van der Waals surface area contributed by atoms with Crippen molar-refractivity contribution in [3.8, 4) is 16.9 Å². The second kappa shape index (κ2) is 23.1. The van der Waals surface area contributed by atoms with E-state index in [4.69, 9.17) is 24.5 Å². The van der Waals surface area contributed by atoms with Gasteiger partial charge in [0.15, 0.2) is 0 Å². The van der Waals surface area contributed by atoms with Crippen molar-refractivity contribution < 1.29 is 65.6 Å². The average Bonchev–Trinajstić information content (AvgIpc) is 3.64. The van der Waals surface area contributed by atoms with Crippen LogP contribution in [0.25, 0.3) is 21.3 Å². The Balaban J connectivity index is 0.000000537. The molecule has 0 spiro atoms. The number of aromatic hydroxyl groups is 1. The summed E-state index contributed by atoms with van der Waals surface area (Å²) in [6.45, 7) is 3.73. The second-order valence-electron chi connectivity index (χ2n) is 13.8. The van der Waals surface area contributed by atoms with Gasteiger partial charge in [0.05, 0.1) is 10.4 Å². The van der Waals surface area contributed by atoms with Crippen molar-refractivity contribution >= 4 is 56.9 Å². The molecule has 1 fully saturated rings. The van der Waals surface area contributed by atoms with Gasteiger partial charge in [0.2, 0.25) is 5.91 Å². The van der Waals surface area contributed by atoms with Crippen molar-refractivity contribution in [2.75, 3.05) is 43.4 Å². The van der Waals surface area contributed by atoms with E-state index < -0.39 is 30.4 Å². The maximum absolute atomic E-state index is 12.7. The number of phenolic OH excluding ortho intramolecular Hbond substituents is 1. The van der Waals surface area contributed by atoms with Gasteiger partial charge in [-0.2, -0.15) is 26.3 Å². The monoisotopic (exact) mass is 907 g/mol. The summed E-state index contributed by atoms with van der Waals surface area (Å²) in [7, 11) is 0. The van der Waals surface area contributed by atoms with Crippen LogP contribution in [0, 0.1) is 0 Å². The van der Waals surface area contributed by atoms with E-state index in [0.29, 0.717) is 24.2 Å². The van der Waals surface area contributed by atoms with Crippen LogP contribution in [-0.2, 0) is 32.0 Å². The number of aromatic nitrogens is 1. The number of benzene rings is 4. The lowest BCUT2D eigenvalue weighted by Crippen LogP contribution is -2.39. The average molecular weight is 908 g/mol. The highest BCUT2D eigenvalue weighted by Crippen LogP contribution is 2.29. The third kappa shape index (κ3) is 16.4. The highest BCUT2D eigenvalue weighted by Gasteiger charge is 2.39. The number of alkyl halides is 6. The fraction of sp³-hybridized carbons (Fsp3) is 0.310. The molecule has 0 saturated carbocycles. The normalized spacial score (nSPS) is 13.2. The summed E-state index contributed by atoms with van der Waals surface area (Å²) in [5, 5.41) is 33.6. The molecule has 6 rings (SSSR count). The molecule has 2 heterocycles. The fourth-order valence-electron chi connectivity index (χ4n) is 6.09. The molecule has 7 N–H and O–H groups in total. The number of nitrogens with zero attached hydrogens (tertiary/aromatic N) is 1. The SMILES string of the molecule is O=C(CCN1CCC(OC(=O)Nc2ccccc2-c2ccccc2)CC1)Nc1ccc(CCNCCc2ccc(O)c3[nH]c(=O)sc23)cc1.O=C(O)C(F)(F)F.O=C(O)C(F)(F)F. The molecule has 2 amide bonds. The first-order valence-corrected chi connectivity index (χ1v) is 20.0. The van der Waals surface area contributed by atoms with E-state index in [2.05, 4.69) is 25.8 Å². The summed E-state index contributed by atoms with van der Waals surface area (Å²) in [5.74, 6) is -5.45. The molecule has 5 aromatic rings. The summed E-state index contributed by atoms with van der Waals surface area (Å²) in [5.41, 5.74) is 6.16. The standard InChI is InChI=1S/C38H41N5O5S.2C2HF3O2/c44-33-15-12-28(36-35(33)42-38(47)49-36)17-22-39-21-16-26-10-13-29(14-11-26)40-34(45)20-25-43-23-18-30(19-24-43)48-37(46)41-32-9-5-4-8-31(32)27-6-2-1-3-7-27;2*3-2(4,5)1(6)7/h1-15,30,39,44H,16-25H2,(H,40,45)(H,41,46)(H,42,47);2*(H,6,7). The topological polar surface area (TPSA) is 210 Å². The zero-order chi connectivity index (χ0) is 46.2. The number of anilines is 2. The highest BCUT2D eigenvalue weighted by atomic mass is 32.1. The molecule has 14 nitrogen and oxygen atoms in total. The van der Waals surface area contributed by atoms with Crippen LogP contribution in [0.5, 0.6) is 5.75 Å². The number of amides is 2. The fourth-order valence-corrected chi connectivity index (χ4v) is 6.99. The van der Waals surface area contributed by atoms with Gasteiger partial charge in [-0.1, -0.05) is 78.1 Å². The third-order valence-corrected chi connectivity index (χ3v) is 10.2. The van der Waals surface area contributed by atoms with E-state index in [-0.39, 0.29) is 22.6 Å². The summed E-state index contributed by atoms with van der Waals surface area (Å²) < 4.78 is 70.0. The van der Waals surface area contributed by atoms with Gasteiger partial charge in [-0.15, -0.1) is 0 Å². The van der Waals surface area contributed by atoms with E-state index in [1.165, 1.54) is 5.56 Å². The molecule has 1 saturated heterocycles. The molecule has 1 aliphatic heterocycles. The Hall–Kier alpha value is -6.45. The number of nitrogens with one attached hydrogen (secondary N) is 4. The molecule has 21 heteroatoms. The Morgan fingerprint density at radius 3 is 1.98 bits per heavy atom. The number of ether oxygens (including phenoxy) is 1. The molecular weight excluding hydrogens is 865 g/mol. The van der Waals surface area contributed by atoms with Crippen molar-refractivity contribution in [2.45, 2.75) is 50.6 Å². The number of fused-ring (bicyclic) bond motifs is 1. The number of thiazole rings is 1. The molecule has 0 atom stereocenters. The van der Waals surface area contributed by atoms with Crippen LogP contribution in [0.1, 0.15) is 30.4 Å². The number of hydrogen-bond acceptors (Lipinski definition) is 10. The molecule has 0 aliphatic carbocycles. The zero-order valence-corrected chi connectivity index (χ0v) is 34.0. The zero-order valence-electron chi connectivity index (χ0n) is 33.2.